The molecule has 1 aliphatic rings. The molecule has 1 aliphatic carbocycles. The molecule has 7 heteroatoms. The topological polar surface area (TPSA) is 49.4 Å². The van der Waals surface area contributed by atoms with Gasteiger partial charge in [-0.3, -0.25) is 9.59 Å². The van der Waals surface area contributed by atoms with Crippen molar-refractivity contribution in [2.24, 2.45) is 0 Å². The van der Waals surface area contributed by atoms with Gasteiger partial charge in [0.1, 0.15) is 6.04 Å². The minimum absolute atomic E-state index is 0.0583. The zero-order valence-corrected chi connectivity index (χ0v) is 23.1. The summed E-state index contributed by atoms with van der Waals surface area (Å²) in [6, 6.07) is 24.8. The quantitative estimate of drug-likeness (QED) is 0.255. The average Bonchev–Trinajstić information content (AvgIpc) is 3.42. The number of carbonyl (C=O) groups is 2. The molecule has 2 amide bonds. The van der Waals surface area contributed by atoms with Gasteiger partial charge in [-0.05, 0) is 48.2 Å². The van der Waals surface area contributed by atoms with E-state index in [2.05, 4.69) is 5.32 Å². The van der Waals surface area contributed by atoms with E-state index in [1.165, 1.54) is 0 Å². The summed E-state index contributed by atoms with van der Waals surface area (Å²) in [5.74, 6) is 0.472. The number of carbonyl (C=O) groups excluding carboxylic acids is 2. The van der Waals surface area contributed by atoms with Crippen LogP contribution in [0, 0.1) is 0 Å². The largest absolute Gasteiger partial charge is 0.352 e. The first-order valence-electron chi connectivity index (χ1n) is 12.7. The molecule has 1 unspecified atom stereocenters. The van der Waals surface area contributed by atoms with Crippen molar-refractivity contribution in [2.75, 3.05) is 5.75 Å². The number of nitrogens with zero attached hydrogens (tertiary/aromatic N) is 1. The van der Waals surface area contributed by atoms with Gasteiger partial charge in [0.25, 0.3) is 0 Å². The molecule has 0 aliphatic heterocycles. The van der Waals surface area contributed by atoms with Crippen LogP contribution in [0.15, 0.2) is 83.8 Å². The van der Waals surface area contributed by atoms with Gasteiger partial charge in [0.15, 0.2) is 0 Å². The van der Waals surface area contributed by atoms with Crippen LogP contribution < -0.4 is 5.32 Å². The Morgan fingerprint density at radius 3 is 2.24 bits per heavy atom. The molecule has 0 aromatic heterocycles. The predicted octanol–water partition coefficient (Wildman–Crippen LogP) is 7.17. The summed E-state index contributed by atoms with van der Waals surface area (Å²) in [6.45, 7) is 0.279. The van der Waals surface area contributed by atoms with Crippen molar-refractivity contribution >= 4 is 46.8 Å². The smallest absolute Gasteiger partial charge is 0.243 e. The lowest BCUT2D eigenvalue weighted by Gasteiger charge is -2.32. The number of thioether (sulfide) groups is 1. The van der Waals surface area contributed by atoms with Gasteiger partial charge in [0.2, 0.25) is 11.8 Å². The molecular formula is C30H32Cl2N2O2S. The molecule has 1 fully saturated rings. The summed E-state index contributed by atoms with van der Waals surface area (Å²) in [6.07, 6.45) is 4.98. The fourth-order valence-electron chi connectivity index (χ4n) is 4.67. The van der Waals surface area contributed by atoms with Gasteiger partial charge >= 0.3 is 0 Å². The third-order valence-electron chi connectivity index (χ3n) is 6.64. The Morgan fingerprint density at radius 1 is 0.892 bits per heavy atom. The molecule has 194 valence electrons. The van der Waals surface area contributed by atoms with E-state index in [4.69, 9.17) is 23.2 Å². The fourth-order valence-corrected chi connectivity index (χ4v) is 5.86. The van der Waals surface area contributed by atoms with Crippen LogP contribution in [-0.2, 0) is 22.6 Å². The van der Waals surface area contributed by atoms with E-state index >= 15 is 0 Å². The molecule has 1 atom stereocenters. The molecule has 4 rings (SSSR count). The maximum Gasteiger partial charge on any atom is 0.243 e. The zero-order chi connectivity index (χ0) is 26.0. The van der Waals surface area contributed by atoms with Crippen molar-refractivity contribution in [2.45, 2.75) is 62.0 Å². The molecule has 0 radical (unpaired) electrons. The first kappa shape index (κ1) is 27.6. The summed E-state index contributed by atoms with van der Waals surface area (Å²) in [5, 5.41) is 4.13. The highest BCUT2D eigenvalue weighted by atomic mass is 35.5. The lowest BCUT2D eigenvalue weighted by molar-refractivity contribution is -0.141. The van der Waals surface area contributed by atoms with Crippen molar-refractivity contribution in [1.82, 2.24) is 10.2 Å². The Labute approximate surface area is 233 Å². The molecule has 0 spiro atoms. The van der Waals surface area contributed by atoms with Crippen LogP contribution in [0.3, 0.4) is 0 Å². The fraction of sp³-hybridized carbons (Fsp3) is 0.333. The summed E-state index contributed by atoms with van der Waals surface area (Å²) in [4.78, 5) is 30.3. The molecule has 1 N–H and O–H groups in total. The summed E-state index contributed by atoms with van der Waals surface area (Å²) >= 11 is 14.1. The minimum Gasteiger partial charge on any atom is -0.352 e. The van der Waals surface area contributed by atoms with Crippen molar-refractivity contribution in [3.63, 3.8) is 0 Å². The van der Waals surface area contributed by atoms with E-state index in [0.717, 1.165) is 41.7 Å². The van der Waals surface area contributed by atoms with E-state index in [1.54, 1.807) is 28.8 Å². The second-order valence-corrected chi connectivity index (χ2v) is 11.4. The third-order valence-corrected chi connectivity index (χ3v) is 8.39. The van der Waals surface area contributed by atoms with Gasteiger partial charge in [0.05, 0.1) is 10.0 Å². The molecule has 37 heavy (non-hydrogen) atoms. The van der Waals surface area contributed by atoms with Crippen LogP contribution in [0.1, 0.15) is 43.2 Å². The van der Waals surface area contributed by atoms with Crippen LogP contribution in [0.4, 0.5) is 0 Å². The Hall–Kier alpha value is -2.47. The van der Waals surface area contributed by atoms with Crippen LogP contribution in [0.2, 0.25) is 10.0 Å². The van der Waals surface area contributed by atoms with Crippen molar-refractivity contribution in [3.05, 3.63) is 100 Å². The van der Waals surface area contributed by atoms with E-state index in [9.17, 15) is 9.59 Å². The lowest BCUT2D eigenvalue weighted by Crippen LogP contribution is -2.52. The predicted molar refractivity (Wildman–Crippen MR) is 153 cm³/mol. The summed E-state index contributed by atoms with van der Waals surface area (Å²) in [5.41, 5.74) is 1.85. The first-order valence-corrected chi connectivity index (χ1v) is 14.5. The van der Waals surface area contributed by atoms with Gasteiger partial charge in [0, 0.05) is 36.1 Å². The molecule has 3 aromatic carbocycles. The van der Waals surface area contributed by atoms with Gasteiger partial charge in [-0.1, -0.05) is 90.6 Å². The standard InChI is InChI=1S/C30H32Cl2N2O2S/c31-26-16-15-23(19-27(26)32)21-34(29(35)17-18-37-25-13-5-2-6-14-25)28(20-22-9-3-1-4-10-22)30(36)33-24-11-7-8-12-24/h1-6,9-10,13-16,19,24,28H,7-8,11-12,17-18,20-21H2,(H,33,36). The zero-order valence-electron chi connectivity index (χ0n) is 20.7. The normalized spacial score (nSPS) is 14.3. The molecule has 0 bridgehead atoms. The van der Waals surface area contributed by atoms with Gasteiger partial charge in [-0.15, -0.1) is 11.8 Å². The number of hydrogen-bond acceptors (Lipinski definition) is 3. The van der Waals surface area contributed by atoms with Gasteiger partial charge in [-0.2, -0.15) is 0 Å². The SMILES string of the molecule is O=C(NC1CCCC1)C(Cc1ccccc1)N(Cc1ccc(Cl)c(Cl)c1)C(=O)CCSc1ccccc1. The second-order valence-electron chi connectivity index (χ2n) is 9.38. The highest BCUT2D eigenvalue weighted by Crippen LogP contribution is 2.26. The Balaban J connectivity index is 1.58. The molecule has 4 nitrogen and oxygen atoms in total. The number of hydrogen-bond donors (Lipinski definition) is 1. The van der Waals surface area contributed by atoms with Crippen molar-refractivity contribution < 1.29 is 9.59 Å². The second kappa shape index (κ2) is 13.9. The Bertz CT molecular complexity index is 1170. The van der Waals surface area contributed by atoms with Gasteiger partial charge < -0.3 is 10.2 Å². The monoisotopic (exact) mass is 554 g/mol. The number of benzene rings is 3. The van der Waals surface area contributed by atoms with Crippen LogP contribution in [0.25, 0.3) is 0 Å². The number of halogens is 2. The highest BCUT2D eigenvalue weighted by molar-refractivity contribution is 7.99. The Kier molecular flexibility index (Phi) is 10.4. The van der Waals surface area contributed by atoms with Crippen LogP contribution in [0.5, 0.6) is 0 Å². The molecular weight excluding hydrogens is 523 g/mol. The maximum absolute atomic E-state index is 13.7. The molecule has 3 aromatic rings. The average molecular weight is 556 g/mol. The number of amides is 2. The maximum atomic E-state index is 13.7. The number of nitrogens with one attached hydrogen (secondary N) is 1. The number of rotatable bonds is 11. The van der Waals surface area contributed by atoms with Crippen LogP contribution in [-0.4, -0.2) is 34.6 Å². The summed E-state index contributed by atoms with van der Waals surface area (Å²) in [7, 11) is 0. The minimum atomic E-state index is -0.633. The van der Waals surface area contributed by atoms with E-state index in [1.807, 2.05) is 66.7 Å². The van der Waals surface area contributed by atoms with Crippen molar-refractivity contribution in [3.8, 4) is 0 Å². The third kappa shape index (κ3) is 8.26. The van der Waals surface area contributed by atoms with Crippen molar-refractivity contribution in [1.29, 1.82) is 0 Å². The Morgan fingerprint density at radius 2 is 1.57 bits per heavy atom. The molecule has 1 saturated carbocycles. The highest BCUT2D eigenvalue weighted by Gasteiger charge is 2.32. The molecule has 0 saturated heterocycles. The van der Waals surface area contributed by atoms with Crippen LogP contribution >= 0.6 is 35.0 Å². The first-order chi connectivity index (χ1) is 18.0. The molecule has 0 heterocycles. The van der Waals surface area contributed by atoms with E-state index in [-0.39, 0.29) is 24.4 Å². The lowest BCUT2D eigenvalue weighted by atomic mass is 10.0. The van der Waals surface area contributed by atoms with E-state index in [0.29, 0.717) is 28.6 Å². The summed E-state index contributed by atoms with van der Waals surface area (Å²) < 4.78 is 0. The van der Waals surface area contributed by atoms with Gasteiger partial charge in [-0.25, -0.2) is 0 Å². The van der Waals surface area contributed by atoms with E-state index < -0.39 is 6.04 Å².